The van der Waals surface area contributed by atoms with Crippen molar-refractivity contribution in [3.8, 4) is 0 Å². The van der Waals surface area contributed by atoms with Gasteiger partial charge >= 0.3 is 0 Å². The number of thiazole rings is 1. The van der Waals surface area contributed by atoms with Gasteiger partial charge in [0.05, 0.1) is 5.69 Å². The molecule has 0 aliphatic rings. The second-order valence-electron chi connectivity index (χ2n) is 5.07. The van der Waals surface area contributed by atoms with E-state index in [0.717, 1.165) is 23.9 Å². The first kappa shape index (κ1) is 12.5. The van der Waals surface area contributed by atoms with Gasteiger partial charge in [-0.2, -0.15) is 0 Å². The molecule has 1 heterocycles. The summed E-state index contributed by atoms with van der Waals surface area (Å²) in [5.41, 5.74) is 1.43. The van der Waals surface area contributed by atoms with Crippen LogP contribution in [0.2, 0.25) is 0 Å². The quantitative estimate of drug-likeness (QED) is 0.856. The van der Waals surface area contributed by atoms with Crippen LogP contribution in [0, 0.1) is 5.41 Å². The van der Waals surface area contributed by atoms with Crippen molar-refractivity contribution in [2.45, 2.75) is 27.3 Å². The van der Waals surface area contributed by atoms with Crippen molar-refractivity contribution >= 4 is 16.5 Å². The maximum Gasteiger partial charge on any atom is 0.185 e. The van der Waals surface area contributed by atoms with Crippen LogP contribution in [0.25, 0.3) is 0 Å². The molecule has 0 aromatic carbocycles. The van der Waals surface area contributed by atoms with Gasteiger partial charge in [-0.3, -0.25) is 0 Å². The Morgan fingerprint density at radius 2 is 2.13 bits per heavy atom. The van der Waals surface area contributed by atoms with Crippen LogP contribution >= 0.6 is 11.3 Å². The Bertz CT molecular complexity index is 301. The molecule has 0 bridgehead atoms. The first-order valence-electron chi connectivity index (χ1n) is 5.22. The number of aromatic nitrogens is 1. The predicted molar refractivity (Wildman–Crippen MR) is 67.6 cm³/mol. The molecule has 0 saturated carbocycles. The van der Waals surface area contributed by atoms with Gasteiger partial charge in [0.2, 0.25) is 0 Å². The van der Waals surface area contributed by atoms with Gasteiger partial charge < -0.3 is 10.2 Å². The molecule has 0 aliphatic heterocycles. The Morgan fingerprint density at radius 1 is 1.47 bits per heavy atom. The Hall–Kier alpha value is -0.610. The second kappa shape index (κ2) is 4.94. The highest BCUT2D eigenvalue weighted by Crippen LogP contribution is 2.23. The lowest BCUT2D eigenvalue weighted by atomic mass is 9.96. The number of nitrogens with zero attached hydrogens (tertiary/aromatic N) is 2. The van der Waals surface area contributed by atoms with Crippen LogP contribution in [0.1, 0.15) is 26.5 Å². The molecule has 4 heteroatoms. The molecule has 1 N–H and O–H groups in total. The Kier molecular flexibility index (Phi) is 4.11. The minimum absolute atomic E-state index is 0.309. The highest BCUT2D eigenvalue weighted by molar-refractivity contribution is 7.13. The molecule has 1 rings (SSSR count). The number of hydrogen-bond acceptors (Lipinski definition) is 4. The molecule has 0 amide bonds. The van der Waals surface area contributed by atoms with E-state index < -0.39 is 0 Å². The Balaban J connectivity index is 2.61. The van der Waals surface area contributed by atoms with E-state index in [1.807, 2.05) is 7.05 Å². The minimum Gasteiger partial charge on any atom is -0.351 e. The highest BCUT2D eigenvalue weighted by atomic mass is 32.1. The summed E-state index contributed by atoms with van der Waals surface area (Å²) in [5.74, 6) is 0. The van der Waals surface area contributed by atoms with Crippen molar-refractivity contribution < 1.29 is 0 Å². The van der Waals surface area contributed by atoms with Crippen LogP contribution in [-0.4, -0.2) is 25.6 Å². The standard InChI is InChI=1S/C11H21N3S/c1-11(2,3)8-14(5)10-13-9(6-12-4)7-15-10/h7,12H,6,8H2,1-5H3. The summed E-state index contributed by atoms with van der Waals surface area (Å²) in [6.07, 6.45) is 0. The lowest BCUT2D eigenvalue weighted by Crippen LogP contribution is -2.29. The average Bonchev–Trinajstić information content (AvgIpc) is 2.50. The molecule has 3 nitrogen and oxygen atoms in total. The van der Waals surface area contributed by atoms with Gasteiger partial charge in [0.25, 0.3) is 0 Å². The van der Waals surface area contributed by atoms with Gasteiger partial charge in [0.15, 0.2) is 5.13 Å². The molecule has 0 aliphatic carbocycles. The minimum atomic E-state index is 0.309. The topological polar surface area (TPSA) is 28.2 Å². The summed E-state index contributed by atoms with van der Waals surface area (Å²) in [4.78, 5) is 6.79. The largest absolute Gasteiger partial charge is 0.351 e. The molecular formula is C11H21N3S. The number of nitrogens with one attached hydrogen (secondary N) is 1. The molecule has 1 aromatic heterocycles. The van der Waals surface area contributed by atoms with Crippen molar-refractivity contribution in [2.75, 3.05) is 25.5 Å². The van der Waals surface area contributed by atoms with E-state index >= 15 is 0 Å². The average molecular weight is 227 g/mol. The summed E-state index contributed by atoms with van der Waals surface area (Å²) < 4.78 is 0. The second-order valence-corrected chi connectivity index (χ2v) is 5.91. The summed E-state index contributed by atoms with van der Waals surface area (Å²) in [7, 11) is 4.05. The smallest absolute Gasteiger partial charge is 0.185 e. The van der Waals surface area contributed by atoms with Gasteiger partial charge in [0, 0.05) is 25.5 Å². The maximum atomic E-state index is 4.57. The van der Waals surface area contributed by atoms with E-state index in [1.54, 1.807) is 11.3 Å². The maximum absolute atomic E-state index is 4.57. The molecule has 0 spiro atoms. The zero-order valence-corrected chi connectivity index (χ0v) is 11.1. The van der Waals surface area contributed by atoms with Gasteiger partial charge in [0.1, 0.15) is 0 Å². The zero-order chi connectivity index (χ0) is 11.5. The third-order valence-electron chi connectivity index (χ3n) is 1.94. The van der Waals surface area contributed by atoms with Gasteiger partial charge in [-0.05, 0) is 12.5 Å². The fourth-order valence-electron chi connectivity index (χ4n) is 1.51. The Labute approximate surface area is 96.5 Å². The molecule has 1 aromatic rings. The van der Waals surface area contributed by atoms with Crippen LogP contribution in [0.15, 0.2) is 5.38 Å². The van der Waals surface area contributed by atoms with Crippen LogP contribution in [0.5, 0.6) is 0 Å². The van der Waals surface area contributed by atoms with Gasteiger partial charge in [-0.15, -0.1) is 11.3 Å². The fourth-order valence-corrected chi connectivity index (χ4v) is 2.31. The lowest BCUT2D eigenvalue weighted by molar-refractivity contribution is 0.418. The van der Waals surface area contributed by atoms with Crippen LogP contribution in [-0.2, 0) is 6.54 Å². The monoisotopic (exact) mass is 227 g/mol. The van der Waals surface area contributed by atoms with E-state index in [1.165, 1.54) is 0 Å². The van der Waals surface area contributed by atoms with Crippen LogP contribution < -0.4 is 10.2 Å². The van der Waals surface area contributed by atoms with E-state index in [0.29, 0.717) is 5.41 Å². The molecule has 0 atom stereocenters. The fraction of sp³-hybridized carbons (Fsp3) is 0.727. The molecule has 0 fully saturated rings. The molecule has 86 valence electrons. The first-order valence-corrected chi connectivity index (χ1v) is 6.10. The third kappa shape index (κ3) is 4.18. The number of rotatable bonds is 4. The van der Waals surface area contributed by atoms with E-state index in [-0.39, 0.29) is 0 Å². The summed E-state index contributed by atoms with van der Waals surface area (Å²) >= 11 is 1.71. The van der Waals surface area contributed by atoms with E-state index in [9.17, 15) is 0 Å². The van der Waals surface area contributed by atoms with Gasteiger partial charge in [-0.25, -0.2) is 4.98 Å². The highest BCUT2D eigenvalue weighted by Gasteiger charge is 2.15. The zero-order valence-electron chi connectivity index (χ0n) is 10.3. The summed E-state index contributed by atoms with van der Waals surface area (Å²) in [5, 5.41) is 6.33. The van der Waals surface area contributed by atoms with Crippen LogP contribution in [0.3, 0.4) is 0 Å². The molecule has 0 unspecified atom stereocenters. The Morgan fingerprint density at radius 3 is 2.67 bits per heavy atom. The molecule has 15 heavy (non-hydrogen) atoms. The molecule has 0 radical (unpaired) electrons. The van der Waals surface area contributed by atoms with Crippen molar-refractivity contribution in [1.82, 2.24) is 10.3 Å². The SMILES string of the molecule is CNCc1csc(N(C)CC(C)(C)C)n1. The number of anilines is 1. The van der Waals surface area contributed by atoms with Crippen molar-refractivity contribution in [2.24, 2.45) is 5.41 Å². The van der Waals surface area contributed by atoms with Crippen LogP contribution in [0.4, 0.5) is 5.13 Å². The van der Waals surface area contributed by atoms with E-state index in [4.69, 9.17) is 0 Å². The van der Waals surface area contributed by atoms with E-state index in [2.05, 4.69) is 48.4 Å². The predicted octanol–water partition coefficient (Wildman–Crippen LogP) is 2.34. The first-order chi connectivity index (χ1) is 6.92. The van der Waals surface area contributed by atoms with Crippen molar-refractivity contribution in [1.29, 1.82) is 0 Å². The lowest BCUT2D eigenvalue weighted by Gasteiger charge is -2.26. The van der Waals surface area contributed by atoms with Crippen molar-refractivity contribution in [3.63, 3.8) is 0 Å². The van der Waals surface area contributed by atoms with Crippen molar-refractivity contribution in [3.05, 3.63) is 11.1 Å². The number of hydrogen-bond donors (Lipinski definition) is 1. The summed E-state index contributed by atoms with van der Waals surface area (Å²) in [6.45, 7) is 8.60. The summed E-state index contributed by atoms with van der Waals surface area (Å²) in [6, 6.07) is 0. The molecule has 0 saturated heterocycles. The van der Waals surface area contributed by atoms with Gasteiger partial charge in [-0.1, -0.05) is 20.8 Å². The third-order valence-corrected chi connectivity index (χ3v) is 2.94. The normalized spacial score (nSPS) is 11.8. The molecular weight excluding hydrogens is 206 g/mol.